The molecule has 4 aliphatic rings. The monoisotopic (exact) mass is 1310 g/mol. The minimum absolute atomic E-state index is 0.0497. The summed E-state index contributed by atoms with van der Waals surface area (Å²) in [7, 11) is 0. The lowest BCUT2D eigenvalue weighted by Gasteiger charge is -2.32. The van der Waals surface area contributed by atoms with Crippen molar-refractivity contribution in [1.82, 2.24) is 83.7 Å². The van der Waals surface area contributed by atoms with Crippen molar-refractivity contribution in [2.75, 3.05) is 23.8 Å². The molecule has 10 unspecified atom stereocenters. The summed E-state index contributed by atoms with van der Waals surface area (Å²) < 4.78 is 0. The quantitative estimate of drug-likeness (QED) is 0.0599. The molecule has 4 bridgehead atoms. The predicted octanol–water partition coefficient (Wildman–Crippen LogP) is -3.19. The Morgan fingerprint density at radius 1 is 0.787 bits per heavy atom. The molecule has 0 spiro atoms. The Bertz CT molecular complexity index is 3090. The highest BCUT2D eigenvalue weighted by molar-refractivity contribution is 8.00. The number of carbonyl (C=O) groups excluding carboxylic acids is 13. The smallest absolute Gasteiger partial charge is 0.326 e. The molecule has 0 saturated carbocycles. The number of amides is 13. The molecule has 2 aromatic rings. The van der Waals surface area contributed by atoms with Gasteiger partial charge >= 0.3 is 5.97 Å². The fourth-order valence-electron chi connectivity index (χ4n) is 9.74. The normalized spacial score (nSPS) is 27.6. The van der Waals surface area contributed by atoms with E-state index in [2.05, 4.69) is 85.3 Å². The molecule has 0 aliphatic carbocycles. The van der Waals surface area contributed by atoms with Crippen LogP contribution in [0.2, 0.25) is 0 Å². The van der Waals surface area contributed by atoms with Crippen molar-refractivity contribution in [3.63, 3.8) is 0 Å². The van der Waals surface area contributed by atoms with Gasteiger partial charge in [0.25, 0.3) is 11.8 Å². The second-order valence-corrected chi connectivity index (χ2v) is 26.1. The highest BCUT2D eigenvalue weighted by Crippen LogP contribution is 2.24. The average molecular weight is 1320 g/mol. The van der Waals surface area contributed by atoms with E-state index in [1.807, 2.05) is 0 Å². The van der Waals surface area contributed by atoms with Gasteiger partial charge in [-0.3, -0.25) is 67.6 Å². The summed E-state index contributed by atoms with van der Waals surface area (Å²) in [5.74, 6) is -16.9. The molecule has 6 rings (SSSR count). The Labute approximate surface area is 529 Å². The number of thiazole rings is 1. The molecule has 35 heteroatoms. The number of fused-ring (bicyclic) bond motifs is 5. The van der Waals surface area contributed by atoms with Gasteiger partial charge in [-0.2, -0.15) is 23.5 Å². The number of nitrogens with zero attached hydrogens (tertiary/aromatic N) is 3. The van der Waals surface area contributed by atoms with Gasteiger partial charge in [0.1, 0.15) is 65.1 Å². The fourth-order valence-corrected chi connectivity index (χ4v) is 13.0. The second-order valence-electron chi connectivity index (χ2n) is 22.3. The number of carboxylic acid groups (broad SMARTS) is 1. The molecule has 0 radical (unpaired) electrons. The number of carbonyl (C=O) groups is 14. The first-order chi connectivity index (χ1) is 42.0. The van der Waals surface area contributed by atoms with Crippen molar-refractivity contribution in [2.24, 2.45) is 11.8 Å². The van der Waals surface area contributed by atoms with E-state index in [4.69, 9.17) is 12.2 Å². The molecule has 89 heavy (non-hydrogen) atoms. The number of hydrogen-bond acceptors (Lipinski definition) is 20. The molecule has 0 aromatic carbocycles. The summed E-state index contributed by atoms with van der Waals surface area (Å²) in [5, 5.41) is 41.5. The van der Waals surface area contributed by atoms with Crippen LogP contribution >= 0.6 is 47.1 Å². The number of carboxylic acids is 1. The van der Waals surface area contributed by atoms with E-state index in [0.717, 1.165) is 34.9 Å². The maximum absolute atomic E-state index is 15.3. The van der Waals surface area contributed by atoms with Crippen molar-refractivity contribution in [2.45, 2.75) is 159 Å². The summed E-state index contributed by atoms with van der Waals surface area (Å²) in [4.78, 5) is 209. The largest absolute Gasteiger partial charge is 0.480 e. The van der Waals surface area contributed by atoms with Crippen LogP contribution in [0.25, 0.3) is 0 Å². The van der Waals surface area contributed by atoms with Crippen LogP contribution in [0, 0.1) is 11.8 Å². The Morgan fingerprint density at radius 2 is 1.43 bits per heavy atom. The Hall–Kier alpha value is -8.05. The molecule has 13 atom stereocenters. The number of aromatic amines is 1. The Morgan fingerprint density at radius 3 is 2.08 bits per heavy atom. The zero-order valence-electron chi connectivity index (χ0n) is 49.7. The highest BCUT2D eigenvalue weighted by atomic mass is 32.2. The van der Waals surface area contributed by atoms with E-state index < -0.39 is 190 Å². The van der Waals surface area contributed by atoms with Gasteiger partial charge in [-0.05, 0) is 45.4 Å². The third-order valence-corrected chi connectivity index (χ3v) is 18.5. The van der Waals surface area contributed by atoms with Gasteiger partial charge in [0, 0.05) is 65.6 Å². The Kier molecular flexibility index (Phi) is 25.1. The number of imidazole rings is 1. The van der Waals surface area contributed by atoms with Crippen LogP contribution in [0.5, 0.6) is 0 Å². The number of thioether (sulfide) groups is 2. The number of aromatic nitrogens is 3. The summed E-state index contributed by atoms with van der Waals surface area (Å²) in [6, 6.07) is -16.2. The minimum atomic E-state index is -1.96. The summed E-state index contributed by atoms with van der Waals surface area (Å²) in [6.07, 6.45) is 1.59. The summed E-state index contributed by atoms with van der Waals surface area (Å²) in [6.45, 7) is 14.3. The second kappa shape index (κ2) is 31.9. The zero-order chi connectivity index (χ0) is 65.6. The van der Waals surface area contributed by atoms with E-state index in [9.17, 15) is 67.4 Å². The van der Waals surface area contributed by atoms with Gasteiger partial charge in [-0.25, -0.2) is 14.8 Å². The third-order valence-electron chi connectivity index (χ3n) is 14.6. The molecule has 4 fully saturated rings. The molecular weight excluding hydrogens is 1240 g/mol. The summed E-state index contributed by atoms with van der Waals surface area (Å²) in [5.41, 5.74) is -0.181. The standard InChI is InChI=1S/C54H74N16O15S4/c1-22(2)12-32-53(83)70-11-9-10-38(70)49(81)66-36-19-88-27(7)40(69-51(86)31(14-29-16-55-21-56-29)61-48(80)37-20-89-52(67-37)26(6)57-28(8)71)50(82)60-30-13-23(3)41(73)68-39(72)15-33(54(84)85)63-43(75)25(5)59-46(78)35(65-47(36)79)18-87-17-34(64-44(30)76)45(77)58-24(4)42(74)62-32/h16,20-23,25-27,30-36,38,40H,4,9-15,17-19H2,1-3,5-8H3,(H,55,56)(H,57,71)(H,58,77)(H,59,78)(H,60,82)(H,61,80)(H,62,74)(H,63,75)(H,64,76)(H,65,79)(H,66,81)(H,69,86)(H,84,85)(H,68,72,73)/t23?,25?,26?,27?,30-,31?,32+,33?,34?,35?,36?,38+,40?/m0/s1. The maximum Gasteiger partial charge on any atom is 0.326 e. The molecule has 13 amide bonds. The number of imide groups is 1. The first-order valence-corrected chi connectivity index (χ1v) is 32.0. The van der Waals surface area contributed by atoms with E-state index in [1.165, 1.54) is 50.5 Å². The van der Waals surface area contributed by atoms with E-state index in [0.29, 0.717) is 17.1 Å². The van der Waals surface area contributed by atoms with Crippen molar-refractivity contribution >= 4 is 135 Å². The van der Waals surface area contributed by atoms with Gasteiger partial charge < -0.3 is 73.5 Å². The van der Waals surface area contributed by atoms with Crippen molar-refractivity contribution in [3.8, 4) is 0 Å². The molecular formula is C54H74N16O15S4. The van der Waals surface area contributed by atoms with Gasteiger partial charge in [-0.1, -0.05) is 46.5 Å². The van der Waals surface area contributed by atoms with Gasteiger partial charge in [0.05, 0.1) is 35.5 Å². The molecule has 31 nitrogen and oxygen atoms in total. The van der Waals surface area contributed by atoms with Crippen LogP contribution in [0.4, 0.5) is 0 Å². The fraction of sp³-hybridized carbons (Fsp3) is 0.574. The first kappa shape index (κ1) is 70.0. The van der Waals surface area contributed by atoms with Crippen LogP contribution in [-0.2, 0) is 68.7 Å². The van der Waals surface area contributed by atoms with E-state index in [1.54, 1.807) is 20.8 Å². The van der Waals surface area contributed by atoms with Gasteiger partial charge in [0.2, 0.25) is 65.0 Å². The number of aliphatic carboxylic acids is 1. The molecule has 484 valence electrons. The molecule has 4 aliphatic heterocycles. The number of thiocarbonyl (C=S) groups is 1. The first-order valence-electron chi connectivity index (χ1n) is 28.5. The highest BCUT2D eigenvalue weighted by Gasteiger charge is 2.42. The lowest BCUT2D eigenvalue weighted by atomic mass is 9.99. The molecule has 6 heterocycles. The Balaban J connectivity index is 1.51. The SMILES string of the molecule is C=C1NC(=O)C2CSCC3NC(=O)C(CSC(C)C(NC(=S)C(Cc4cnc[nH]4)NC(=O)c4csc(C(C)NC(C)=O)n4)C(=O)N[C@@H](CC(C)C(=O)NC(=O)CC(C(=O)O)NC(=O)C(C)NC3=O)C(=O)N2)NC(=O)[C@H]2CCCN2C(=O)[C@@H](CC(C)C)NC1=O. The van der Waals surface area contributed by atoms with Crippen LogP contribution in [0.1, 0.15) is 108 Å². The minimum Gasteiger partial charge on any atom is -0.480 e. The third kappa shape index (κ3) is 19.7. The van der Waals surface area contributed by atoms with Gasteiger partial charge in [0.15, 0.2) is 0 Å². The van der Waals surface area contributed by atoms with Crippen molar-refractivity contribution in [1.29, 1.82) is 0 Å². The maximum atomic E-state index is 15.3. The van der Waals surface area contributed by atoms with Crippen molar-refractivity contribution < 1.29 is 72.2 Å². The molecule has 2 aromatic heterocycles. The number of rotatable bonds is 11. The van der Waals surface area contributed by atoms with Crippen LogP contribution in [0.15, 0.2) is 30.2 Å². The average Bonchev–Trinajstić information content (AvgIpc) is 2.61. The van der Waals surface area contributed by atoms with Crippen molar-refractivity contribution in [3.05, 3.63) is 46.6 Å². The number of H-pyrrole nitrogens is 1. The lowest BCUT2D eigenvalue weighted by Crippen LogP contribution is -2.61. The van der Waals surface area contributed by atoms with E-state index >= 15 is 4.79 Å². The van der Waals surface area contributed by atoms with Gasteiger partial charge in [-0.15, -0.1) is 11.3 Å². The van der Waals surface area contributed by atoms with E-state index in [-0.39, 0.29) is 48.3 Å². The van der Waals surface area contributed by atoms with Crippen LogP contribution < -0.4 is 63.8 Å². The molecule has 14 N–H and O–H groups in total. The molecule has 4 saturated heterocycles. The summed E-state index contributed by atoms with van der Waals surface area (Å²) >= 11 is 8.81. The topological polar surface area (TPSA) is 448 Å². The predicted molar refractivity (Wildman–Crippen MR) is 327 cm³/mol. The lowest BCUT2D eigenvalue weighted by molar-refractivity contribution is -0.144. The number of nitrogens with one attached hydrogen (secondary N) is 13. The number of hydrogen-bond donors (Lipinski definition) is 14. The zero-order valence-corrected chi connectivity index (χ0v) is 53.0. The van der Waals surface area contributed by atoms with Crippen LogP contribution in [-0.4, -0.2) is 202 Å². The van der Waals surface area contributed by atoms with Crippen LogP contribution in [0.3, 0.4) is 0 Å².